The zero-order chi connectivity index (χ0) is 9.84. The molecule has 1 atom stereocenters. The standard InChI is InChI=1S/C10H11ClFN/c1-2-3-10(13)7-4-8(11)6-9(12)5-7/h2,4-6,10H,1,3,13H2/t10-/m0/s1. The molecule has 0 saturated carbocycles. The maximum absolute atomic E-state index is 12.9. The Hall–Kier alpha value is -0.860. The van der Waals surface area contributed by atoms with E-state index in [2.05, 4.69) is 6.58 Å². The number of hydrogen-bond donors (Lipinski definition) is 1. The third-order valence-corrected chi connectivity index (χ3v) is 1.95. The lowest BCUT2D eigenvalue weighted by molar-refractivity contribution is 0.620. The molecule has 0 fully saturated rings. The van der Waals surface area contributed by atoms with Gasteiger partial charge in [0.05, 0.1) is 0 Å². The smallest absolute Gasteiger partial charge is 0.125 e. The largest absolute Gasteiger partial charge is 0.324 e. The van der Waals surface area contributed by atoms with Crippen LogP contribution in [0.25, 0.3) is 0 Å². The number of halogens is 2. The Morgan fingerprint density at radius 1 is 1.54 bits per heavy atom. The van der Waals surface area contributed by atoms with Crippen LogP contribution in [0.5, 0.6) is 0 Å². The summed E-state index contributed by atoms with van der Waals surface area (Å²) in [6.45, 7) is 3.56. The van der Waals surface area contributed by atoms with Gasteiger partial charge in [0.1, 0.15) is 5.82 Å². The van der Waals surface area contributed by atoms with Crippen LogP contribution in [0.3, 0.4) is 0 Å². The summed E-state index contributed by atoms with van der Waals surface area (Å²) in [6.07, 6.45) is 2.31. The molecule has 13 heavy (non-hydrogen) atoms. The van der Waals surface area contributed by atoms with Crippen molar-refractivity contribution in [3.63, 3.8) is 0 Å². The van der Waals surface area contributed by atoms with E-state index in [1.165, 1.54) is 12.1 Å². The molecule has 0 aromatic heterocycles. The molecule has 0 aliphatic carbocycles. The number of hydrogen-bond acceptors (Lipinski definition) is 1. The Balaban J connectivity index is 2.93. The number of nitrogens with two attached hydrogens (primary N) is 1. The maximum Gasteiger partial charge on any atom is 0.125 e. The Bertz CT molecular complexity index is 292. The second-order valence-electron chi connectivity index (χ2n) is 2.83. The summed E-state index contributed by atoms with van der Waals surface area (Å²) in [6, 6.07) is 4.08. The highest BCUT2D eigenvalue weighted by Gasteiger charge is 2.06. The topological polar surface area (TPSA) is 26.0 Å². The van der Waals surface area contributed by atoms with Gasteiger partial charge in [-0.3, -0.25) is 0 Å². The first-order chi connectivity index (χ1) is 6.13. The highest BCUT2D eigenvalue weighted by atomic mass is 35.5. The molecule has 0 aliphatic heterocycles. The van der Waals surface area contributed by atoms with Crippen LogP contribution in [0.15, 0.2) is 30.9 Å². The van der Waals surface area contributed by atoms with Crippen LogP contribution in [0, 0.1) is 5.82 Å². The average Bonchev–Trinajstić information content (AvgIpc) is 2.03. The van der Waals surface area contributed by atoms with Gasteiger partial charge in [-0.15, -0.1) is 6.58 Å². The summed E-state index contributed by atoms with van der Waals surface area (Å²) in [5.41, 5.74) is 6.45. The molecule has 70 valence electrons. The molecule has 0 aliphatic rings. The van der Waals surface area contributed by atoms with E-state index in [-0.39, 0.29) is 11.9 Å². The quantitative estimate of drug-likeness (QED) is 0.744. The molecule has 0 bridgehead atoms. The summed E-state index contributed by atoms with van der Waals surface area (Å²) in [5, 5.41) is 0.370. The molecule has 1 nitrogen and oxygen atoms in total. The minimum Gasteiger partial charge on any atom is -0.324 e. The molecule has 1 rings (SSSR count). The lowest BCUT2D eigenvalue weighted by atomic mass is 10.0. The van der Waals surface area contributed by atoms with Crippen LogP contribution in [-0.4, -0.2) is 0 Å². The van der Waals surface area contributed by atoms with Gasteiger partial charge < -0.3 is 5.73 Å². The number of benzene rings is 1. The lowest BCUT2D eigenvalue weighted by Crippen LogP contribution is -2.09. The molecular weight excluding hydrogens is 189 g/mol. The van der Waals surface area contributed by atoms with Crippen LogP contribution >= 0.6 is 11.6 Å². The Labute approximate surface area is 82.0 Å². The van der Waals surface area contributed by atoms with Gasteiger partial charge in [0.2, 0.25) is 0 Å². The number of rotatable bonds is 3. The molecule has 1 aromatic rings. The zero-order valence-corrected chi connectivity index (χ0v) is 7.89. The minimum atomic E-state index is -0.359. The van der Waals surface area contributed by atoms with Crippen molar-refractivity contribution in [3.05, 3.63) is 47.3 Å². The molecule has 0 unspecified atom stereocenters. The Morgan fingerprint density at radius 3 is 2.77 bits per heavy atom. The Morgan fingerprint density at radius 2 is 2.23 bits per heavy atom. The highest BCUT2D eigenvalue weighted by molar-refractivity contribution is 6.30. The predicted molar refractivity (Wildman–Crippen MR) is 53.2 cm³/mol. The molecule has 0 heterocycles. The first kappa shape index (κ1) is 10.2. The summed E-state index contributed by atoms with van der Waals surface area (Å²) in [5.74, 6) is -0.359. The van der Waals surface area contributed by atoms with E-state index < -0.39 is 0 Å². The van der Waals surface area contributed by atoms with Crippen molar-refractivity contribution in [1.82, 2.24) is 0 Å². The van der Waals surface area contributed by atoms with Crippen molar-refractivity contribution >= 4 is 11.6 Å². The first-order valence-electron chi connectivity index (χ1n) is 3.96. The summed E-state index contributed by atoms with van der Waals surface area (Å²) < 4.78 is 12.9. The third kappa shape index (κ3) is 2.83. The van der Waals surface area contributed by atoms with Crippen molar-refractivity contribution < 1.29 is 4.39 Å². The van der Waals surface area contributed by atoms with E-state index in [9.17, 15) is 4.39 Å². The fourth-order valence-corrected chi connectivity index (χ4v) is 1.34. The van der Waals surface area contributed by atoms with Crippen molar-refractivity contribution in [3.8, 4) is 0 Å². The molecule has 0 amide bonds. The van der Waals surface area contributed by atoms with E-state index in [0.29, 0.717) is 17.0 Å². The van der Waals surface area contributed by atoms with Gasteiger partial charge in [-0.25, -0.2) is 4.39 Å². The fraction of sp³-hybridized carbons (Fsp3) is 0.200. The van der Waals surface area contributed by atoms with Crippen LogP contribution in [-0.2, 0) is 0 Å². The van der Waals surface area contributed by atoms with Crippen LogP contribution < -0.4 is 5.73 Å². The summed E-state index contributed by atoms with van der Waals surface area (Å²) in [4.78, 5) is 0. The van der Waals surface area contributed by atoms with Gasteiger partial charge in [0.15, 0.2) is 0 Å². The monoisotopic (exact) mass is 199 g/mol. The van der Waals surface area contributed by atoms with E-state index in [0.717, 1.165) is 0 Å². The van der Waals surface area contributed by atoms with E-state index in [1.807, 2.05) is 0 Å². The van der Waals surface area contributed by atoms with Gasteiger partial charge in [0.25, 0.3) is 0 Å². The van der Waals surface area contributed by atoms with E-state index >= 15 is 0 Å². The van der Waals surface area contributed by atoms with Crippen LogP contribution in [0.1, 0.15) is 18.0 Å². The summed E-state index contributed by atoms with van der Waals surface area (Å²) in [7, 11) is 0. The second-order valence-corrected chi connectivity index (χ2v) is 3.27. The van der Waals surface area contributed by atoms with Crippen LogP contribution in [0.4, 0.5) is 4.39 Å². The molecule has 0 saturated heterocycles. The SMILES string of the molecule is C=CC[C@H](N)c1cc(F)cc(Cl)c1. The van der Waals surface area contributed by atoms with E-state index in [4.69, 9.17) is 17.3 Å². The normalized spacial score (nSPS) is 12.5. The molecular formula is C10H11ClFN. The van der Waals surface area contributed by atoms with Crippen molar-refractivity contribution in [2.24, 2.45) is 5.73 Å². The second kappa shape index (κ2) is 4.40. The minimum absolute atomic E-state index is 0.231. The van der Waals surface area contributed by atoms with Gasteiger partial charge in [0, 0.05) is 11.1 Å². The molecule has 2 N–H and O–H groups in total. The van der Waals surface area contributed by atoms with Crippen LogP contribution in [0.2, 0.25) is 5.02 Å². The molecule has 0 radical (unpaired) electrons. The molecule has 3 heteroatoms. The summed E-state index contributed by atoms with van der Waals surface area (Å²) >= 11 is 5.67. The van der Waals surface area contributed by atoms with Gasteiger partial charge >= 0.3 is 0 Å². The Kier molecular flexibility index (Phi) is 3.46. The first-order valence-corrected chi connectivity index (χ1v) is 4.33. The predicted octanol–water partition coefficient (Wildman–Crippen LogP) is 3.06. The van der Waals surface area contributed by atoms with Gasteiger partial charge in [-0.1, -0.05) is 17.7 Å². The van der Waals surface area contributed by atoms with Crippen molar-refractivity contribution in [2.45, 2.75) is 12.5 Å². The fourth-order valence-electron chi connectivity index (χ4n) is 1.10. The van der Waals surface area contributed by atoms with Gasteiger partial charge in [-0.05, 0) is 30.2 Å². The highest BCUT2D eigenvalue weighted by Crippen LogP contribution is 2.20. The van der Waals surface area contributed by atoms with Gasteiger partial charge in [-0.2, -0.15) is 0 Å². The van der Waals surface area contributed by atoms with E-state index in [1.54, 1.807) is 12.1 Å². The zero-order valence-electron chi connectivity index (χ0n) is 7.13. The molecule has 0 spiro atoms. The average molecular weight is 200 g/mol. The maximum atomic E-state index is 12.9. The van der Waals surface area contributed by atoms with Crippen molar-refractivity contribution in [2.75, 3.05) is 0 Å². The lowest BCUT2D eigenvalue weighted by Gasteiger charge is -2.09. The molecule has 1 aromatic carbocycles. The third-order valence-electron chi connectivity index (χ3n) is 1.73. The van der Waals surface area contributed by atoms with Crippen molar-refractivity contribution in [1.29, 1.82) is 0 Å².